The fourth-order valence-corrected chi connectivity index (χ4v) is 1.32. The highest BCUT2D eigenvalue weighted by Gasteiger charge is 2.06. The summed E-state index contributed by atoms with van der Waals surface area (Å²) in [5, 5.41) is 11.7. The molecular weight excluding hydrogens is 244 g/mol. The molecule has 1 amide bonds. The number of nitrogens with one attached hydrogen (secondary N) is 1. The van der Waals surface area contributed by atoms with Gasteiger partial charge in [-0.2, -0.15) is 0 Å². The Balaban J connectivity index is 2.21. The molecular formula is C11H15ClN2O3. The number of aromatic nitrogens is 1. The normalized spacial score (nSPS) is 10.2. The molecule has 0 aliphatic rings. The van der Waals surface area contributed by atoms with Gasteiger partial charge in [0, 0.05) is 24.4 Å². The predicted octanol–water partition coefficient (Wildman–Crippen LogP) is 0.864. The number of nitrogens with zero attached hydrogens (tertiary/aromatic N) is 1. The van der Waals surface area contributed by atoms with Crippen molar-refractivity contribution < 1.29 is 14.6 Å². The van der Waals surface area contributed by atoms with E-state index in [-0.39, 0.29) is 12.5 Å². The van der Waals surface area contributed by atoms with Gasteiger partial charge in [-0.05, 0) is 18.6 Å². The van der Waals surface area contributed by atoms with E-state index in [0.29, 0.717) is 36.9 Å². The van der Waals surface area contributed by atoms with E-state index in [1.54, 1.807) is 6.07 Å². The first-order chi connectivity index (χ1) is 8.24. The second kappa shape index (κ2) is 8.00. The van der Waals surface area contributed by atoms with Crippen LogP contribution >= 0.6 is 11.6 Å². The molecule has 1 rings (SSSR count). The minimum Gasteiger partial charge on any atom is -0.394 e. The summed E-state index contributed by atoms with van der Waals surface area (Å²) in [5.41, 5.74) is 0.300. The Labute approximate surface area is 105 Å². The average Bonchev–Trinajstić information content (AvgIpc) is 2.33. The third-order valence-corrected chi connectivity index (χ3v) is 2.18. The van der Waals surface area contributed by atoms with Gasteiger partial charge in [-0.15, -0.1) is 0 Å². The van der Waals surface area contributed by atoms with Crippen molar-refractivity contribution >= 4 is 17.5 Å². The number of aliphatic hydroxyl groups is 1. The zero-order valence-corrected chi connectivity index (χ0v) is 10.1. The monoisotopic (exact) mass is 258 g/mol. The maximum atomic E-state index is 11.6. The molecule has 17 heavy (non-hydrogen) atoms. The molecule has 0 aliphatic heterocycles. The van der Waals surface area contributed by atoms with Gasteiger partial charge in [0.05, 0.1) is 13.2 Å². The van der Waals surface area contributed by atoms with E-state index in [0.717, 1.165) is 0 Å². The maximum absolute atomic E-state index is 11.6. The van der Waals surface area contributed by atoms with Crippen LogP contribution in [0, 0.1) is 0 Å². The van der Waals surface area contributed by atoms with E-state index < -0.39 is 0 Å². The smallest absolute Gasteiger partial charge is 0.269 e. The molecule has 1 aromatic heterocycles. The van der Waals surface area contributed by atoms with Gasteiger partial charge in [-0.3, -0.25) is 9.78 Å². The second-order valence-electron chi connectivity index (χ2n) is 3.30. The number of carbonyl (C=O) groups excluding carboxylic acids is 1. The van der Waals surface area contributed by atoms with Gasteiger partial charge in [0.2, 0.25) is 0 Å². The fourth-order valence-electron chi connectivity index (χ4n) is 1.16. The van der Waals surface area contributed by atoms with Crippen LogP contribution in [0.4, 0.5) is 0 Å². The van der Waals surface area contributed by atoms with Crippen LogP contribution in [0.2, 0.25) is 5.02 Å². The lowest BCUT2D eigenvalue weighted by Gasteiger charge is -2.05. The Morgan fingerprint density at radius 1 is 1.53 bits per heavy atom. The van der Waals surface area contributed by atoms with Crippen molar-refractivity contribution in [1.82, 2.24) is 10.3 Å². The van der Waals surface area contributed by atoms with Gasteiger partial charge in [0.25, 0.3) is 5.91 Å². The van der Waals surface area contributed by atoms with Crippen molar-refractivity contribution in [2.75, 3.05) is 26.4 Å². The van der Waals surface area contributed by atoms with Gasteiger partial charge in [0.1, 0.15) is 5.69 Å². The van der Waals surface area contributed by atoms with Crippen LogP contribution in [0.1, 0.15) is 16.9 Å². The van der Waals surface area contributed by atoms with Crippen LogP contribution in [0.5, 0.6) is 0 Å². The molecule has 0 bridgehead atoms. The summed E-state index contributed by atoms with van der Waals surface area (Å²) in [6.07, 6.45) is 2.17. The summed E-state index contributed by atoms with van der Waals surface area (Å²) >= 11 is 5.74. The molecule has 94 valence electrons. The molecule has 1 aromatic rings. The summed E-state index contributed by atoms with van der Waals surface area (Å²) in [6, 6.07) is 3.13. The molecule has 6 heteroatoms. The lowest BCUT2D eigenvalue weighted by molar-refractivity contribution is 0.0865. The van der Waals surface area contributed by atoms with Gasteiger partial charge < -0.3 is 15.2 Å². The summed E-state index contributed by atoms with van der Waals surface area (Å²) in [6.45, 7) is 1.34. The molecule has 0 saturated carbocycles. The van der Waals surface area contributed by atoms with Crippen molar-refractivity contribution in [2.24, 2.45) is 0 Å². The zero-order valence-electron chi connectivity index (χ0n) is 9.36. The maximum Gasteiger partial charge on any atom is 0.269 e. The molecule has 0 aliphatic carbocycles. The minimum atomic E-state index is -0.255. The largest absolute Gasteiger partial charge is 0.394 e. The quantitative estimate of drug-likeness (QED) is 0.712. The molecule has 5 nitrogen and oxygen atoms in total. The van der Waals surface area contributed by atoms with Gasteiger partial charge in [-0.25, -0.2) is 0 Å². The van der Waals surface area contributed by atoms with Crippen LogP contribution < -0.4 is 5.32 Å². The standard InChI is InChI=1S/C11H15ClN2O3/c12-9-2-4-13-10(8-9)11(16)14-3-1-6-17-7-5-15/h2,4,8,15H,1,3,5-7H2,(H,14,16). The highest BCUT2D eigenvalue weighted by atomic mass is 35.5. The molecule has 1 heterocycles. The van der Waals surface area contributed by atoms with Crippen molar-refractivity contribution in [3.8, 4) is 0 Å². The molecule has 0 spiro atoms. The second-order valence-corrected chi connectivity index (χ2v) is 3.74. The Hall–Kier alpha value is -1.17. The highest BCUT2D eigenvalue weighted by molar-refractivity contribution is 6.30. The highest BCUT2D eigenvalue weighted by Crippen LogP contribution is 2.07. The average molecular weight is 259 g/mol. The van der Waals surface area contributed by atoms with Crippen molar-refractivity contribution in [2.45, 2.75) is 6.42 Å². The molecule has 0 unspecified atom stereocenters. The predicted molar refractivity (Wildman–Crippen MR) is 64.1 cm³/mol. The summed E-state index contributed by atoms with van der Waals surface area (Å²) < 4.78 is 5.05. The van der Waals surface area contributed by atoms with Gasteiger partial charge >= 0.3 is 0 Å². The van der Waals surface area contributed by atoms with Gasteiger partial charge in [-0.1, -0.05) is 11.6 Å². The summed E-state index contributed by atoms with van der Waals surface area (Å²) in [7, 11) is 0. The molecule has 0 aromatic carbocycles. The molecule has 0 saturated heterocycles. The van der Waals surface area contributed by atoms with E-state index in [1.165, 1.54) is 12.3 Å². The van der Waals surface area contributed by atoms with E-state index in [2.05, 4.69) is 10.3 Å². The summed E-state index contributed by atoms with van der Waals surface area (Å²) in [5.74, 6) is -0.255. The Bertz CT molecular complexity index is 360. The van der Waals surface area contributed by atoms with E-state index in [4.69, 9.17) is 21.4 Å². The van der Waals surface area contributed by atoms with Crippen LogP contribution in [0.3, 0.4) is 0 Å². The first-order valence-electron chi connectivity index (χ1n) is 5.32. The van der Waals surface area contributed by atoms with Crippen molar-refractivity contribution in [3.05, 3.63) is 29.0 Å². The number of aliphatic hydroxyl groups excluding tert-OH is 1. The zero-order chi connectivity index (χ0) is 12.5. The van der Waals surface area contributed by atoms with Crippen LogP contribution in [-0.4, -0.2) is 42.4 Å². The fraction of sp³-hybridized carbons (Fsp3) is 0.455. The van der Waals surface area contributed by atoms with Crippen molar-refractivity contribution in [3.63, 3.8) is 0 Å². The lowest BCUT2D eigenvalue weighted by Crippen LogP contribution is -2.26. The molecule has 0 radical (unpaired) electrons. The van der Waals surface area contributed by atoms with Crippen LogP contribution in [-0.2, 0) is 4.74 Å². The molecule has 0 fully saturated rings. The van der Waals surface area contributed by atoms with E-state index >= 15 is 0 Å². The van der Waals surface area contributed by atoms with Gasteiger partial charge in [0.15, 0.2) is 0 Å². The number of hydrogen-bond donors (Lipinski definition) is 2. The first-order valence-corrected chi connectivity index (χ1v) is 5.70. The minimum absolute atomic E-state index is 0.0127. The summed E-state index contributed by atoms with van der Waals surface area (Å²) in [4.78, 5) is 15.5. The third kappa shape index (κ3) is 5.63. The SMILES string of the molecule is O=C(NCCCOCCO)c1cc(Cl)ccn1. The molecule has 0 atom stereocenters. The Morgan fingerprint density at radius 3 is 3.06 bits per heavy atom. The van der Waals surface area contributed by atoms with Crippen LogP contribution in [0.25, 0.3) is 0 Å². The van der Waals surface area contributed by atoms with E-state index in [9.17, 15) is 4.79 Å². The van der Waals surface area contributed by atoms with E-state index in [1.807, 2.05) is 0 Å². The molecule has 2 N–H and O–H groups in total. The Kier molecular flexibility index (Phi) is 6.54. The number of rotatable bonds is 7. The number of amides is 1. The first kappa shape index (κ1) is 13.9. The Morgan fingerprint density at radius 2 is 2.35 bits per heavy atom. The van der Waals surface area contributed by atoms with Crippen molar-refractivity contribution in [1.29, 1.82) is 0 Å². The number of hydrogen-bond acceptors (Lipinski definition) is 4. The number of pyridine rings is 1. The topological polar surface area (TPSA) is 71.5 Å². The number of carbonyl (C=O) groups is 1. The third-order valence-electron chi connectivity index (χ3n) is 1.94. The van der Waals surface area contributed by atoms with Crippen LogP contribution in [0.15, 0.2) is 18.3 Å². The number of halogens is 1. The number of ether oxygens (including phenoxy) is 1. The lowest BCUT2D eigenvalue weighted by atomic mass is 10.3.